The van der Waals surface area contributed by atoms with Crippen LogP contribution in [0.3, 0.4) is 0 Å². The zero-order chi connectivity index (χ0) is 36.3. The number of rotatable bonds is 17. The SMILES string of the molecule is C=C(C)C(=O)OCCc1cc(-c2ccc3cc(-c4ccc(CCCCC(F)(F)F)cc4)ccc3c2)cc(CCOC(=O)C(=C)C)c1OCCO. The molecule has 50 heavy (non-hydrogen) atoms. The fourth-order valence-electron chi connectivity index (χ4n) is 5.50. The first-order valence-electron chi connectivity index (χ1n) is 16.6. The molecule has 264 valence electrons. The van der Waals surface area contributed by atoms with Gasteiger partial charge in [-0.2, -0.15) is 13.2 Å². The molecule has 0 bridgehead atoms. The molecular formula is C41H43F3O6. The van der Waals surface area contributed by atoms with Crippen molar-refractivity contribution in [3.05, 3.63) is 114 Å². The van der Waals surface area contributed by atoms with Gasteiger partial charge < -0.3 is 19.3 Å². The van der Waals surface area contributed by atoms with Crippen molar-refractivity contribution in [2.24, 2.45) is 0 Å². The van der Waals surface area contributed by atoms with Gasteiger partial charge in [0.25, 0.3) is 0 Å². The molecule has 0 aliphatic carbocycles. The van der Waals surface area contributed by atoms with Crippen molar-refractivity contribution in [1.29, 1.82) is 0 Å². The van der Waals surface area contributed by atoms with E-state index in [1.807, 2.05) is 60.7 Å². The van der Waals surface area contributed by atoms with Gasteiger partial charge in [-0.1, -0.05) is 61.7 Å². The summed E-state index contributed by atoms with van der Waals surface area (Å²) in [4.78, 5) is 24.1. The summed E-state index contributed by atoms with van der Waals surface area (Å²) in [7, 11) is 0. The van der Waals surface area contributed by atoms with Crippen LogP contribution in [0, 0.1) is 0 Å². The molecule has 0 atom stereocenters. The third kappa shape index (κ3) is 11.1. The molecule has 0 amide bonds. The summed E-state index contributed by atoms with van der Waals surface area (Å²) in [6.45, 7) is 10.5. The lowest BCUT2D eigenvalue weighted by Gasteiger charge is -2.19. The van der Waals surface area contributed by atoms with Gasteiger partial charge in [0.1, 0.15) is 12.4 Å². The number of aryl methyl sites for hydroxylation is 1. The molecular weight excluding hydrogens is 645 g/mol. The Morgan fingerprint density at radius 1 is 0.660 bits per heavy atom. The number of alkyl halides is 3. The average Bonchev–Trinajstić information content (AvgIpc) is 3.08. The minimum absolute atomic E-state index is 0.0550. The first-order valence-corrected chi connectivity index (χ1v) is 16.6. The third-order valence-electron chi connectivity index (χ3n) is 8.12. The van der Waals surface area contributed by atoms with Crippen LogP contribution >= 0.6 is 0 Å². The molecule has 0 fully saturated rings. The predicted octanol–water partition coefficient (Wildman–Crippen LogP) is 9.14. The summed E-state index contributed by atoms with van der Waals surface area (Å²) in [5, 5.41) is 11.6. The van der Waals surface area contributed by atoms with Crippen molar-refractivity contribution in [3.8, 4) is 28.0 Å². The maximum atomic E-state index is 12.4. The number of benzene rings is 4. The van der Waals surface area contributed by atoms with Crippen molar-refractivity contribution < 1.29 is 42.1 Å². The van der Waals surface area contributed by atoms with E-state index in [-0.39, 0.29) is 32.8 Å². The van der Waals surface area contributed by atoms with Crippen LogP contribution in [0.15, 0.2) is 97.1 Å². The number of ether oxygens (including phenoxy) is 3. The molecule has 4 aromatic rings. The summed E-state index contributed by atoms with van der Waals surface area (Å²) < 4.78 is 54.1. The molecule has 6 nitrogen and oxygen atoms in total. The summed E-state index contributed by atoms with van der Waals surface area (Å²) in [6.07, 6.45) is -2.96. The largest absolute Gasteiger partial charge is 0.491 e. The van der Waals surface area contributed by atoms with Crippen LogP contribution in [0.25, 0.3) is 33.0 Å². The summed E-state index contributed by atoms with van der Waals surface area (Å²) >= 11 is 0. The second-order valence-corrected chi connectivity index (χ2v) is 12.3. The van der Waals surface area contributed by atoms with E-state index in [9.17, 15) is 27.9 Å². The number of fused-ring (bicyclic) bond motifs is 1. The molecule has 4 aromatic carbocycles. The lowest BCUT2D eigenvalue weighted by molar-refractivity contribution is -0.139. The maximum Gasteiger partial charge on any atom is 0.389 e. The van der Waals surface area contributed by atoms with Crippen LogP contribution in [0.1, 0.15) is 49.8 Å². The van der Waals surface area contributed by atoms with Crippen molar-refractivity contribution in [1.82, 2.24) is 0 Å². The van der Waals surface area contributed by atoms with Crippen molar-refractivity contribution in [2.45, 2.75) is 58.5 Å². The van der Waals surface area contributed by atoms with E-state index in [0.717, 1.165) is 49.7 Å². The second kappa shape index (κ2) is 17.7. The van der Waals surface area contributed by atoms with Crippen LogP contribution in [0.5, 0.6) is 5.75 Å². The normalized spacial score (nSPS) is 11.3. The van der Waals surface area contributed by atoms with Crippen molar-refractivity contribution in [3.63, 3.8) is 0 Å². The van der Waals surface area contributed by atoms with E-state index in [0.29, 0.717) is 42.6 Å². The Morgan fingerprint density at radius 3 is 1.64 bits per heavy atom. The van der Waals surface area contributed by atoms with Gasteiger partial charge in [0.2, 0.25) is 0 Å². The number of aliphatic hydroxyl groups excluding tert-OH is 1. The molecule has 4 rings (SSSR count). The van der Waals surface area contributed by atoms with E-state index in [1.54, 1.807) is 13.8 Å². The fraction of sp³-hybridized carbons (Fsp3) is 0.317. The molecule has 9 heteroatoms. The highest BCUT2D eigenvalue weighted by atomic mass is 19.4. The number of hydrogen-bond acceptors (Lipinski definition) is 6. The number of halogens is 3. The molecule has 0 saturated heterocycles. The van der Waals surface area contributed by atoms with Gasteiger partial charge in [0, 0.05) is 30.4 Å². The monoisotopic (exact) mass is 688 g/mol. The molecule has 0 heterocycles. The Bertz CT molecular complexity index is 1770. The van der Waals surface area contributed by atoms with Crippen molar-refractivity contribution >= 4 is 22.7 Å². The van der Waals surface area contributed by atoms with Gasteiger partial charge in [-0.25, -0.2) is 9.59 Å². The van der Waals surface area contributed by atoms with E-state index in [2.05, 4.69) is 25.3 Å². The number of hydrogen-bond donors (Lipinski definition) is 1. The molecule has 0 unspecified atom stereocenters. The van der Waals surface area contributed by atoms with Crippen LogP contribution in [0.2, 0.25) is 0 Å². The number of esters is 2. The molecule has 0 aromatic heterocycles. The number of aliphatic hydroxyl groups is 1. The quantitative estimate of drug-likeness (QED) is 0.0677. The molecule has 0 radical (unpaired) electrons. The Balaban J connectivity index is 1.60. The summed E-state index contributed by atoms with van der Waals surface area (Å²) in [6, 6.07) is 24.2. The number of carbonyl (C=O) groups is 2. The molecule has 0 spiro atoms. The minimum atomic E-state index is -4.11. The zero-order valence-corrected chi connectivity index (χ0v) is 28.5. The van der Waals surface area contributed by atoms with E-state index < -0.39 is 24.5 Å². The number of unbranched alkanes of at least 4 members (excludes halogenated alkanes) is 1. The predicted molar refractivity (Wildman–Crippen MR) is 190 cm³/mol. The molecule has 0 aliphatic heterocycles. The highest BCUT2D eigenvalue weighted by Gasteiger charge is 2.25. The Morgan fingerprint density at radius 2 is 1.16 bits per heavy atom. The van der Waals surface area contributed by atoms with E-state index >= 15 is 0 Å². The highest BCUT2D eigenvalue weighted by Crippen LogP contribution is 2.35. The molecule has 0 aliphatic rings. The van der Waals surface area contributed by atoms with E-state index in [1.165, 1.54) is 0 Å². The average molecular weight is 689 g/mol. The van der Waals surface area contributed by atoms with Crippen LogP contribution in [0.4, 0.5) is 13.2 Å². The topological polar surface area (TPSA) is 82.1 Å². The molecule has 1 N–H and O–H groups in total. The Labute approximate surface area is 291 Å². The van der Waals surface area contributed by atoms with Gasteiger partial charge in [-0.3, -0.25) is 0 Å². The maximum absolute atomic E-state index is 12.4. The van der Waals surface area contributed by atoms with Gasteiger partial charge in [0.05, 0.1) is 19.8 Å². The highest BCUT2D eigenvalue weighted by molar-refractivity contribution is 5.91. The third-order valence-corrected chi connectivity index (χ3v) is 8.12. The number of carbonyl (C=O) groups excluding carboxylic acids is 2. The smallest absolute Gasteiger partial charge is 0.389 e. The van der Waals surface area contributed by atoms with Crippen LogP contribution < -0.4 is 4.74 Å². The minimum Gasteiger partial charge on any atom is -0.491 e. The summed E-state index contributed by atoms with van der Waals surface area (Å²) in [5.41, 5.74) is 7.01. The second-order valence-electron chi connectivity index (χ2n) is 12.3. The standard InChI is InChI=1S/C41H43F3O6/c1-27(2)39(46)49-20-16-35-25-37(26-36(38(35)48-22-19-45)17-21-50-40(47)28(3)4)34-15-14-32-23-31(12-13-33(32)24-34)30-10-8-29(9-11-30)7-5-6-18-41(42,43)44/h8-15,23-26,45H,1,3,5-7,16-22H2,2,4H3. The van der Waals surface area contributed by atoms with Gasteiger partial charge >= 0.3 is 18.1 Å². The van der Waals surface area contributed by atoms with Gasteiger partial charge in [0.15, 0.2) is 0 Å². The van der Waals surface area contributed by atoms with Crippen molar-refractivity contribution in [2.75, 3.05) is 26.4 Å². The summed E-state index contributed by atoms with van der Waals surface area (Å²) in [5.74, 6) is -0.440. The lowest BCUT2D eigenvalue weighted by atomic mass is 9.93. The zero-order valence-electron chi connectivity index (χ0n) is 28.5. The first-order chi connectivity index (χ1) is 23.8. The van der Waals surface area contributed by atoms with Crippen LogP contribution in [-0.4, -0.2) is 49.6 Å². The van der Waals surface area contributed by atoms with Crippen LogP contribution in [-0.2, 0) is 38.3 Å². The van der Waals surface area contributed by atoms with E-state index in [4.69, 9.17) is 14.2 Å². The fourth-order valence-corrected chi connectivity index (χ4v) is 5.50. The lowest BCUT2D eigenvalue weighted by Crippen LogP contribution is -2.13. The first kappa shape index (κ1) is 37.9. The molecule has 0 saturated carbocycles. The Hall–Kier alpha value is -4.89. The van der Waals surface area contributed by atoms with Gasteiger partial charge in [-0.15, -0.1) is 0 Å². The Kier molecular flexibility index (Phi) is 13.4. The van der Waals surface area contributed by atoms with Gasteiger partial charge in [-0.05, 0) is 107 Å².